The molecule has 0 saturated carbocycles. The highest BCUT2D eigenvalue weighted by Crippen LogP contribution is 2.63. The van der Waals surface area contributed by atoms with Crippen molar-refractivity contribution in [2.45, 2.75) is 5.41 Å². The predicted octanol–water partition coefficient (Wildman–Crippen LogP) is 20.9. The molecular formula is C84H46N10O. The first-order valence-electron chi connectivity index (χ1n) is 31.7. The van der Waals surface area contributed by atoms with Crippen LogP contribution in [0.2, 0.25) is 0 Å². The van der Waals surface area contributed by atoms with Crippen molar-refractivity contribution in [2.24, 2.45) is 0 Å². The first-order valence-corrected chi connectivity index (χ1v) is 31.7. The molecule has 11 nitrogen and oxygen atoms in total. The molecule has 11 heteroatoms. The van der Waals surface area contributed by atoms with Crippen LogP contribution in [0.15, 0.2) is 280 Å². The highest BCUT2D eigenvalue weighted by molar-refractivity contribution is 6.15. The molecular weight excluding hydrogens is 1160 g/mol. The number of hydrogen-bond donors (Lipinski definition) is 0. The highest BCUT2D eigenvalue weighted by Gasteiger charge is 2.54. The quantitative estimate of drug-likeness (QED) is 0.161. The van der Waals surface area contributed by atoms with Crippen LogP contribution < -0.4 is 4.74 Å². The lowest BCUT2D eigenvalue weighted by molar-refractivity contribution is 0.436. The van der Waals surface area contributed by atoms with Gasteiger partial charge in [-0.2, -0.15) is 0 Å². The van der Waals surface area contributed by atoms with Gasteiger partial charge in [-0.3, -0.25) is 15.0 Å². The second-order valence-corrected chi connectivity index (χ2v) is 24.9. The third-order valence-electron chi connectivity index (χ3n) is 20.3. The molecule has 11 aromatic carbocycles. The highest BCUT2D eigenvalue weighted by atomic mass is 16.5. The average molecular weight is 1210 g/mol. The monoisotopic (exact) mass is 1210 g/mol. The minimum absolute atomic E-state index is 0.525. The largest absolute Gasteiger partial charge is 0.457 e. The van der Waals surface area contributed by atoms with E-state index in [4.69, 9.17) is 27.8 Å². The maximum atomic E-state index is 8.09. The molecule has 8 aromatic heterocycles. The topological polar surface area (TPSA) is 81.3 Å². The molecule has 1 spiro atoms. The molecule has 19 aromatic rings. The molecule has 1 aliphatic carbocycles. The number of hydrogen-bond acceptors (Lipinski definition) is 4. The number of ether oxygens (including phenoxy) is 1. The number of nitrogens with zero attached hydrogens (tertiary/aromatic N) is 10. The average Bonchev–Trinajstić information content (AvgIpc) is 1.42. The molecule has 0 atom stereocenters. The molecule has 9 heterocycles. The molecule has 0 N–H and O–H groups in total. The molecule has 95 heavy (non-hydrogen) atoms. The zero-order chi connectivity index (χ0) is 62.4. The summed E-state index contributed by atoms with van der Waals surface area (Å²) in [5, 5.41) is 11.0. The van der Waals surface area contributed by atoms with E-state index >= 15 is 0 Å². The molecule has 21 rings (SSSR count). The number of pyridine rings is 3. The van der Waals surface area contributed by atoms with Gasteiger partial charge in [0.15, 0.2) is 11.4 Å². The third-order valence-corrected chi connectivity index (χ3v) is 20.3. The van der Waals surface area contributed by atoms with Crippen molar-refractivity contribution < 1.29 is 4.74 Å². The van der Waals surface area contributed by atoms with Gasteiger partial charge in [0.2, 0.25) is 0 Å². The zero-order valence-electron chi connectivity index (χ0n) is 50.4. The van der Waals surface area contributed by atoms with E-state index < -0.39 is 5.41 Å². The van der Waals surface area contributed by atoms with E-state index in [1.54, 1.807) is 0 Å². The molecule has 438 valence electrons. The van der Waals surface area contributed by atoms with Crippen LogP contribution in [-0.4, -0.2) is 37.8 Å². The molecule has 0 unspecified atom stereocenters. The molecule has 2 aliphatic rings. The van der Waals surface area contributed by atoms with Gasteiger partial charge >= 0.3 is 0 Å². The Hall–Kier alpha value is -13.4. The summed E-state index contributed by atoms with van der Waals surface area (Å²) >= 11 is 0. The third kappa shape index (κ3) is 6.81. The van der Waals surface area contributed by atoms with E-state index in [2.05, 4.69) is 256 Å². The number of fused-ring (bicyclic) bond motifs is 24. The Bertz CT molecular complexity index is 6360. The zero-order valence-corrected chi connectivity index (χ0v) is 50.4. The van der Waals surface area contributed by atoms with Crippen LogP contribution in [-0.2, 0) is 5.41 Å². The Labute approximate surface area is 541 Å². The maximum absolute atomic E-state index is 8.09. The van der Waals surface area contributed by atoms with Crippen molar-refractivity contribution in [2.75, 3.05) is 0 Å². The summed E-state index contributed by atoms with van der Waals surface area (Å²) in [6.07, 6.45) is 7.89. The van der Waals surface area contributed by atoms with Crippen molar-refractivity contribution in [3.8, 4) is 51.3 Å². The molecule has 0 bridgehead atoms. The Morgan fingerprint density at radius 1 is 0.284 bits per heavy atom. The van der Waals surface area contributed by atoms with Crippen LogP contribution in [0.5, 0.6) is 11.5 Å². The standard InChI is InChI=1S/C84H46N10O/c1-85-49-27-32-76-63(39-49)64-40-50(86-2)28-33-77(64)91(76)53-31-36-81-67(43-53)84(66-42-52(30-35-80(66)95-81)90-75-26-14-8-20-61(75)65-41-51(29-34-78(65)90)92-70-21-9-7-19-60(70)62-37-38-87-48-79(62)92)68-44-54(93-71-22-10-3-15-56(71)57-16-4-11-23-72(57)93)46-88-82(68)83-69(84)45-55(47-89-83)94-73-24-12-5-17-58(73)59-18-6-13-25-74(59)94/h3-48H. The maximum Gasteiger partial charge on any atom is 0.188 e. The van der Waals surface area contributed by atoms with Crippen molar-refractivity contribution in [3.05, 3.63) is 325 Å². The summed E-state index contributed by atoms with van der Waals surface area (Å²) in [5.74, 6) is 1.39. The van der Waals surface area contributed by atoms with Crippen molar-refractivity contribution in [1.82, 2.24) is 37.8 Å². The summed E-state index contributed by atoms with van der Waals surface area (Å²) < 4.78 is 19.2. The van der Waals surface area contributed by atoms with Gasteiger partial charge in [0.05, 0.1) is 115 Å². The Morgan fingerprint density at radius 3 is 1.04 bits per heavy atom. The second-order valence-electron chi connectivity index (χ2n) is 24.9. The summed E-state index contributed by atoms with van der Waals surface area (Å²) in [5.41, 5.74) is 20.2. The Balaban J connectivity index is 0.885. The molecule has 0 radical (unpaired) electrons. The van der Waals surface area contributed by atoms with Gasteiger partial charge in [-0.15, -0.1) is 0 Å². The van der Waals surface area contributed by atoms with Crippen LogP contribution in [0.25, 0.3) is 159 Å². The fourth-order valence-electron chi connectivity index (χ4n) is 16.5. The minimum Gasteiger partial charge on any atom is -0.457 e. The summed E-state index contributed by atoms with van der Waals surface area (Å²) in [6.45, 7) is 16.2. The molecule has 1 aliphatic heterocycles. The summed E-state index contributed by atoms with van der Waals surface area (Å²) in [4.78, 5) is 23.7. The van der Waals surface area contributed by atoms with Crippen LogP contribution >= 0.6 is 0 Å². The number of rotatable bonds is 5. The van der Waals surface area contributed by atoms with Crippen LogP contribution in [0.1, 0.15) is 22.3 Å². The van der Waals surface area contributed by atoms with Gasteiger partial charge in [-0.25, -0.2) is 9.69 Å². The predicted molar refractivity (Wildman–Crippen MR) is 381 cm³/mol. The SMILES string of the molecule is [C-]#[N+]c1ccc2c(c1)c1cc([N+]#[C-])ccc1n2-c1ccc2c(c1)C1(c3cc(-n4c5ccccc5c5cc(-n6c7ccccc7c7ccncc76)ccc54)ccc3O2)c2cc(-n3c4ccccc4c4ccccc43)cnc2-c2ncc(-n3c4ccccc4c4ccccc43)cc21. The van der Waals surface area contributed by atoms with Gasteiger partial charge in [0.1, 0.15) is 11.5 Å². The first kappa shape index (κ1) is 51.4. The van der Waals surface area contributed by atoms with E-state index in [0.717, 1.165) is 166 Å². The van der Waals surface area contributed by atoms with E-state index in [0.29, 0.717) is 22.9 Å². The van der Waals surface area contributed by atoms with Gasteiger partial charge in [0, 0.05) is 88.6 Å². The van der Waals surface area contributed by atoms with E-state index in [1.165, 1.54) is 5.39 Å². The lowest BCUT2D eigenvalue weighted by atomic mass is 9.66. The van der Waals surface area contributed by atoms with E-state index in [1.807, 2.05) is 61.2 Å². The summed E-state index contributed by atoms with van der Waals surface area (Å²) in [7, 11) is 0. The van der Waals surface area contributed by atoms with Gasteiger partial charge in [-0.05, 0) is 144 Å². The van der Waals surface area contributed by atoms with E-state index in [9.17, 15) is 0 Å². The fourth-order valence-corrected chi connectivity index (χ4v) is 16.5. The minimum atomic E-state index is -1.17. The lowest BCUT2D eigenvalue weighted by Gasteiger charge is -2.39. The summed E-state index contributed by atoms with van der Waals surface area (Å²) in [6, 6.07) is 90.5. The van der Waals surface area contributed by atoms with Crippen molar-refractivity contribution >= 4 is 120 Å². The van der Waals surface area contributed by atoms with Gasteiger partial charge < -0.3 is 27.6 Å². The van der Waals surface area contributed by atoms with Gasteiger partial charge in [0.25, 0.3) is 0 Å². The smallest absolute Gasteiger partial charge is 0.188 e. The van der Waals surface area contributed by atoms with E-state index in [-0.39, 0.29) is 0 Å². The number of aromatic nitrogens is 8. The van der Waals surface area contributed by atoms with Crippen molar-refractivity contribution in [1.29, 1.82) is 0 Å². The number of benzene rings is 11. The lowest BCUT2D eigenvalue weighted by Crippen LogP contribution is -2.33. The number of para-hydroxylation sites is 6. The van der Waals surface area contributed by atoms with Crippen molar-refractivity contribution in [3.63, 3.8) is 0 Å². The normalized spacial score (nSPS) is 13.0. The van der Waals surface area contributed by atoms with Crippen LogP contribution in [0.4, 0.5) is 11.4 Å². The first-order chi connectivity index (χ1) is 47.0. The molecule has 0 amide bonds. The van der Waals surface area contributed by atoms with Gasteiger partial charge in [-0.1, -0.05) is 121 Å². The fraction of sp³-hybridized carbons (Fsp3) is 0.0119. The molecule has 0 fully saturated rings. The molecule has 0 saturated heterocycles. The Morgan fingerprint density at radius 2 is 0.611 bits per heavy atom. The second kappa shape index (κ2) is 18.9. The Kier molecular flexibility index (Phi) is 10.2. The van der Waals surface area contributed by atoms with Crippen LogP contribution in [0.3, 0.4) is 0 Å². The van der Waals surface area contributed by atoms with Crippen LogP contribution in [0, 0.1) is 13.1 Å².